The molecule has 0 aromatic rings. The number of hydrogen-bond donors (Lipinski definition) is 1. The zero-order valence-electron chi connectivity index (χ0n) is 17.0. The smallest absolute Gasteiger partial charge is 0.319 e. The SMILES string of the molecule is O=C(NC1CC1)C(=O)N1CCN(C(=O)C2CCN(C(=O)N3CCCC3)CC2)CC1. The Labute approximate surface area is 171 Å². The number of amides is 5. The van der Waals surface area contributed by atoms with Crippen molar-refractivity contribution in [3.63, 3.8) is 0 Å². The van der Waals surface area contributed by atoms with Crippen molar-refractivity contribution in [1.29, 1.82) is 0 Å². The van der Waals surface area contributed by atoms with Gasteiger partial charge in [-0.1, -0.05) is 0 Å². The van der Waals surface area contributed by atoms with E-state index in [9.17, 15) is 19.2 Å². The Hall–Kier alpha value is -2.32. The third kappa shape index (κ3) is 4.64. The number of carbonyl (C=O) groups is 4. The molecular weight excluding hydrogens is 374 g/mol. The van der Waals surface area contributed by atoms with Crippen LogP contribution in [-0.2, 0) is 14.4 Å². The van der Waals surface area contributed by atoms with Crippen LogP contribution in [0.25, 0.3) is 0 Å². The van der Waals surface area contributed by atoms with Crippen LogP contribution in [0.15, 0.2) is 0 Å². The molecule has 5 amide bonds. The molecule has 0 aromatic carbocycles. The maximum atomic E-state index is 12.9. The van der Waals surface area contributed by atoms with Gasteiger partial charge in [0.2, 0.25) is 5.91 Å². The molecular formula is C20H31N5O4. The molecule has 29 heavy (non-hydrogen) atoms. The van der Waals surface area contributed by atoms with Crippen molar-refractivity contribution in [1.82, 2.24) is 24.9 Å². The van der Waals surface area contributed by atoms with Gasteiger partial charge in [0.25, 0.3) is 0 Å². The molecule has 4 aliphatic rings. The van der Waals surface area contributed by atoms with Gasteiger partial charge in [0, 0.05) is 64.3 Å². The van der Waals surface area contributed by atoms with E-state index in [1.165, 1.54) is 0 Å². The van der Waals surface area contributed by atoms with Crippen LogP contribution in [0.4, 0.5) is 4.79 Å². The monoisotopic (exact) mass is 405 g/mol. The van der Waals surface area contributed by atoms with Crippen molar-refractivity contribution < 1.29 is 19.2 Å². The Bertz CT molecular complexity index is 658. The van der Waals surface area contributed by atoms with Gasteiger partial charge >= 0.3 is 17.8 Å². The molecule has 3 aliphatic heterocycles. The predicted molar refractivity (Wildman–Crippen MR) is 105 cm³/mol. The number of nitrogens with zero attached hydrogens (tertiary/aromatic N) is 4. The molecule has 4 fully saturated rings. The van der Waals surface area contributed by atoms with Crippen LogP contribution in [-0.4, -0.2) is 102 Å². The van der Waals surface area contributed by atoms with Gasteiger partial charge in [-0.05, 0) is 38.5 Å². The molecule has 3 heterocycles. The highest BCUT2D eigenvalue weighted by atomic mass is 16.2. The second-order valence-electron chi connectivity index (χ2n) is 8.60. The molecule has 9 heteroatoms. The highest BCUT2D eigenvalue weighted by molar-refractivity contribution is 6.35. The van der Waals surface area contributed by atoms with E-state index in [1.54, 1.807) is 4.90 Å². The maximum Gasteiger partial charge on any atom is 0.319 e. The van der Waals surface area contributed by atoms with Gasteiger partial charge in [-0.15, -0.1) is 0 Å². The molecule has 0 unspecified atom stereocenters. The first-order valence-corrected chi connectivity index (χ1v) is 11.0. The minimum Gasteiger partial charge on any atom is -0.345 e. The fourth-order valence-electron chi connectivity index (χ4n) is 4.43. The summed E-state index contributed by atoms with van der Waals surface area (Å²) in [5.41, 5.74) is 0. The molecule has 4 rings (SSSR count). The van der Waals surface area contributed by atoms with E-state index in [-0.39, 0.29) is 23.9 Å². The summed E-state index contributed by atoms with van der Waals surface area (Å²) in [6.45, 7) is 4.68. The van der Waals surface area contributed by atoms with Crippen molar-refractivity contribution in [2.75, 3.05) is 52.4 Å². The van der Waals surface area contributed by atoms with Crippen LogP contribution in [0.5, 0.6) is 0 Å². The largest absolute Gasteiger partial charge is 0.345 e. The predicted octanol–water partition coefficient (Wildman–Crippen LogP) is -0.136. The summed E-state index contributed by atoms with van der Waals surface area (Å²) in [5, 5.41) is 2.72. The topological polar surface area (TPSA) is 93.3 Å². The van der Waals surface area contributed by atoms with Crippen molar-refractivity contribution in [3.8, 4) is 0 Å². The second kappa shape index (κ2) is 8.59. The Morgan fingerprint density at radius 3 is 1.76 bits per heavy atom. The van der Waals surface area contributed by atoms with Crippen LogP contribution in [0.2, 0.25) is 0 Å². The van der Waals surface area contributed by atoms with Gasteiger partial charge in [-0.25, -0.2) is 4.79 Å². The molecule has 160 valence electrons. The van der Waals surface area contributed by atoms with E-state index < -0.39 is 11.8 Å². The van der Waals surface area contributed by atoms with Crippen LogP contribution in [0.3, 0.4) is 0 Å². The van der Waals surface area contributed by atoms with Crippen molar-refractivity contribution >= 4 is 23.8 Å². The molecule has 1 aliphatic carbocycles. The highest BCUT2D eigenvalue weighted by Gasteiger charge is 2.35. The fraction of sp³-hybridized carbons (Fsp3) is 0.800. The van der Waals surface area contributed by atoms with E-state index in [1.807, 2.05) is 14.7 Å². The Balaban J connectivity index is 1.20. The van der Waals surface area contributed by atoms with Crippen LogP contribution in [0, 0.1) is 5.92 Å². The third-order valence-corrected chi connectivity index (χ3v) is 6.48. The highest BCUT2D eigenvalue weighted by Crippen LogP contribution is 2.23. The molecule has 0 spiro atoms. The minimum atomic E-state index is -0.526. The number of piperazine rings is 1. The van der Waals surface area contributed by atoms with E-state index in [0.717, 1.165) is 38.8 Å². The zero-order chi connectivity index (χ0) is 20.4. The molecule has 1 saturated carbocycles. The average molecular weight is 405 g/mol. The molecule has 3 saturated heterocycles. The van der Waals surface area contributed by atoms with E-state index in [4.69, 9.17) is 0 Å². The normalized spacial score (nSPS) is 23.3. The lowest BCUT2D eigenvalue weighted by atomic mass is 9.95. The van der Waals surface area contributed by atoms with Gasteiger partial charge < -0.3 is 24.9 Å². The summed E-state index contributed by atoms with van der Waals surface area (Å²) >= 11 is 0. The van der Waals surface area contributed by atoms with Gasteiger partial charge in [0.15, 0.2) is 0 Å². The number of carbonyl (C=O) groups excluding carboxylic acids is 4. The molecule has 0 radical (unpaired) electrons. The number of hydrogen-bond acceptors (Lipinski definition) is 4. The van der Waals surface area contributed by atoms with Crippen molar-refractivity contribution in [3.05, 3.63) is 0 Å². The third-order valence-electron chi connectivity index (χ3n) is 6.48. The lowest BCUT2D eigenvalue weighted by Gasteiger charge is -2.39. The quantitative estimate of drug-likeness (QED) is 0.648. The molecule has 0 bridgehead atoms. The number of urea groups is 1. The first-order valence-electron chi connectivity index (χ1n) is 11.0. The first kappa shape index (κ1) is 20.0. The van der Waals surface area contributed by atoms with Crippen molar-refractivity contribution in [2.45, 2.75) is 44.6 Å². The Morgan fingerprint density at radius 2 is 1.17 bits per heavy atom. The van der Waals surface area contributed by atoms with Gasteiger partial charge in [0.1, 0.15) is 0 Å². The summed E-state index contributed by atoms with van der Waals surface area (Å²) in [5.74, 6) is -0.953. The zero-order valence-corrected chi connectivity index (χ0v) is 17.0. The fourth-order valence-corrected chi connectivity index (χ4v) is 4.43. The van der Waals surface area contributed by atoms with Crippen LogP contribution >= 0.6 is 0 Å². The Kier molecular flexibility index (Phi) is 5.91. The summed E-state index contributed by atoms with van der Waals surface area (Å²) in [4.78, 5) is 56.7. The lowest BCUT2D eigenvalue weighted by molar-refractivity contribution is -0.149. The standard InChI is InChI=1S/C20H31N5O4/c26-17(21-16-3-4-16)19(28)23-13-11-22(12-14-23)18(27)15-5-9-25(10-6-15)20(29)24-7-1-2-8-24/h15-16H,1-14H2,(H,21,26). The summed E-state index contributed by atoms with van der Waals surface area (Å²) in [6.07, 6.45) is 5.45. The number of nitrogens with one attached hydrogen (secondary N) is 1. The summed E-state index contributed by atoms with van der Waals surface area (Å²) in [7, 11) is 0. The average Bonchev–Trinajstić information content (AvgIpc) is 3.40. The van der Waals surface area contributed by atoms with Gasteiger partial charge in [-0.3, -0.25) is 14.4 Å². The summed E-state index contributed by atoms with van der Waals surface area (Å²) in [6, 6.07) is 0.280. The minimum absolute atomic E-state index is 0.0574. The van der Waals surface area contributed by atoms with E-state index >= 15 is 0 Å². The van der Waals surface area contributed by atoms with E-state index in [2.05, 4.69) is 5.32 Å². The van der Waals surface area contributed by atoms with Gasteiger partial charge in [0.05, 0.1) is 0 Å². The van der Waals surface area contributed by atoms with Crippen LogP contribution in [0.1, 0.15) is 38.5 Å². The van der Waals surface area contributed by atoms with Crippen molar-refractivity contribution in [2.24, 2.45) is 5.92 Å². The number of likely N-dealkylation sites (tertiary alicyclic amines) is 2. The lowest BCUT2D eigenvalue weighted by Crippen LogP contribution is -2.55. The molecule has 0 aromatic heterocycles. The molecule has 9 nitrogen and oxygen atoms in total. The van der Waals surface area contributed by atoms with E-state index in [0.29, 0.717) is 52.1 Å². The molecule has 0 atom stereocenters. The summed E-state index contributed by atoms with van der Waals surface area (Å²) < 4.78 is 0. The van der Waals surface area contributed by atoms with Gasteiger partial charge in [-0.2, -0.15) is 0 Å². The Morgan fingerprint density at radius 1 is 0.621 bits per heavy atom. The number of rotatable bonds is 2. The first-order chi connectivity index (χ1) is 14.0. The maximum absolute atomic E-state index is 12.9. The molecule has 1 N–H and O–H groups in total. The number of piperidine rings is 1. The van der Waals surface area contributed by atoms with Crippen LogP contribution < -0.4 is 5.32 Å². The second-order valence-corrected chi connectivity index (χ2v) is 8.60.